The Kier molecular flexibility index (Phi) is 3.98. The van der Waals surface area contributed by atoms with Gasteiger partial charge in [-0.05, 0) is 44.4 Å². The molecule has 21 heavy (non-hydrogen) atoms. The van der Waals surface area contributed by atoms with Crippen LogP contribution in [0.25, 0.3) is 11.0 Å². The van der Waals surface area contributed by atoms with Gasteiger partial charge >= 0.3 is 0 Å². The van der Waals surface area contributed by atoms with Crippen LogP contribution in [0, 0.1) is 5.82 Å². The zero-order valence-corrected chi connectivity index (χ0v) is 13.0. The standard InChI is InChI=1S/C17H24FN3/c1-3-11-21-14-8-5-7-13(18)15(14)20-16(21)17(4-2)9-6-10-19-12-17/h5,7-8,19H,3-4,6,9-12H2,1-2H3. The van der Waals surface area contributed by atoms with E-state index < -0.39 is 0 Å². The first kappa shape index (κ1) is 14.5. The van der Waals surface area contributed by atoms with Crippen molar-refractivity contribution in [2.24, 2.45) is 0 Å². The minimum absolute atomic E-state index is 0.0406. The van der Waals surface area contributed by atoms with Crippen LogP contribution in [-0.2, 0) is 12.0 Å². The highest BCUT2D eigenvalue weighted by Gasteiger charge is 2.37. The molecule has 1 fully saturated rings. The lowest BCUT2D eigenvalue weighted by molar-refractivity contribution is 0.279. The van der Waals surface area contributed by atoms with E-state index in [-0.39, 0.29) is 11.2 Å². The Hall–Kier alpha value is -1.42. The predicted octanol–water partition coefficient (Wildman–Crippen LogP) is 3.62. The van der Waals surface area contributed by atoms with Crippen molar-refractivity contribution in [1.82, 2.24) is 14.9 Å². The molecule has 1 aromatic carbocycles. The third kappa shape index (κ3) is 2.35. The van der Waals surface area contributed by atoms with Crippen molar-refractivity contribution < 1.29 is 4.39 Å². The molecule has 1 atom stereocenters. The summed E-state index contributed by atoms with van der Waals surface area (Å²) in [6.07, 6.45) is 4.35. The minimum atomic E-state index is -0.210. The van der Waals surface area contributed by atoms with E-state index in [4.69, 9.17) is 4.98 Å². The van der Waals surface area contributed by atoms with Crippen molar-refractivity contribution in [3.63, 3.8) is 0 Å². The second-order valence-electron chi connectivity index (χ2n) is 6.11. The first-order valence-electron chi connectivity index (χ1n) is 8.08. The lowest BCUT2D eigenvalue weighted by Gasteiger charge is -2.36. The molecule has 1 aliphatic heterocycles. The van der Waals surface area contributed by atoms with Crippen molar-refractivity contribution in [3.8, 4) is 0 Å². The number of para-hydroxylation sites is 1. The number of aryl methyl sites for hydroxylation is 1. The number of nitrogens with one attached hydrogen (secondary N) is 1. The highest BCUT2D eigenvalue weighted by atomic mass is 19.1. The predicted molar refractivity (Wildman–Crippen MR) is 84.1 cm³/mol. The Morgan fingerprint density at radius 3 is 2.90 bits per heavy atom. The van der Waals surface area contributed by atoms with Gasteiger partial charge in [0.25, 0.3) is 0 Å². The van der Waals surface area contributed by atoms with Crippen molar-refractivity contribution in [1.29, 1.82) is 0 Å². The highest BCUT2D eigenvalue weighted by molar-refractivity contribution is 5.77. The molecule has 1 unspecified atom stereocenters. The lowest BCUT2D eigenvalue weighted by atomic mass is 9.77. The van der Waals surface area contributed by atoms with Gasteiger partial charge in [-0.15, -0.1) is 0 Å². The first-order valence-corrected chi connectivity index (χ1v) is 8.08. The SMILES string of the molecule is CCCn1c(C2(CC)CCCNC2)nc2c(F)cccc21. The molecule has 2 aromatic rings. The fourth-order valence-electron chi connectivity index (χ4n) is 3.59. The Balaban J connectivity index is 2.20. The number of fused-ring (bicyclic) bond motifs is 1. The van der Waals surface area contributed by atoms with Gasteiger partial charge in [0.05, 0.1) is 5.52 Å². The summed E-state index contributed by atoms with van der Waals surface area (Å²) in [6, 6.07) is 5.28. The molecule has 1 aromatic heterocycles. The molecule has 114 valence electrons. The largest absolute Gasteiger partial charge is 0.327 e. The Bertz CT molecular complexity index is 626. The number of imidazole rings is 1. The molecule has 2 heterocycles. The minimum Gasteiger partial charge on any atom is -0.327 e. The summed E-state index contributed by atoms with van der Waals surface area (Å²) in [5, 5.41) is 3.51. The zero-order chi connectivity index (χ0) is 14.9. The van der Waals surface area contributed by atoms with Crippen LogP contribution < -0.4 is 5.32 Å². The van der Waals surface area contributed by atoms with E-state index in [1.54, 1.807) is 6.07 Å². The molecule has 0 amide bonds. The van der Waals surface area contributed by atoms with E-state index in [2.05, 4.69) is 23.7 Å². The van der Waals surface area contributed by atoms with E-state index in [0.29, 0.717) is 5.52 Å². The molecular weight excluding hydrogens is 265 g/mol. The van der Waals surface area contributed by atoms with Crippen molar-refractivity contribution in [3.05, 3.63) is 29.8 Å². The first-order chi connectivity index (χ1) is 10.2. The molecule has 0 radical (unpaired) electrons. The number of aromatic nitrogens is 2. The normalized spacial score (nSPS) is 22.8. The van der Waals surface area contributed by atoms with Gasteiger partial charge in [0, 0.05) is 18.5 Å². The van der Waals surface area contributed by atoms with E-state index in [1.165, 1.54) is 6.07 Å². The molecule has 3 rings (SSSR count). The second kappa shape index (κ2) is 5.76. The van der Waals surface area contributed by atoms with Gasteiger partial charge in [-0.1, -0.05) is 19.9 Å². The maximum absolute atomic E-state index is 14.1. The van der Waals surface area contributed by atoms with Crippen LogP contribution in [0.3, 0.4) is 0 Å². The quantitative estimate of drug-likeness (QED) is 0.931. The summed E-state index contributed by atoms with van der Waals surface area (Å²) in [4.78, 5) is 4.75. The molecule has 1 saturated heterocycles. The van der Waals surface area contributed by atoms with Crippen LogP contribution in [0.2, 0.25) is 0 Å². The maximum Gasteiger partial charge on any atom is 0.151 e. The van der Waals surface area contributed by atoms with E-state index in [1.807, 2.05) is 6.07 Å². The summed E-state index contributed by atoms with van der Waals surface area (Å²) in [6.45, 7) is 7.30. The van der Waals surface area contributed by atoms with Crippen LogP contribution in [0.5, 0.6) is 0 Å². The molecule has 1 aliphatic rings. The van der Waals surface area contributed by atoms with Crippen LogP contribution in [0.4, 0.5) is 4.39 Å². The number of hydrogen-bond donors (Lipinski definition) is 1. The van der Waals surface area contributed by atoms with Crippen molar-refractivity contribution in [2.75, 3.05) is 13.1 Å². The Morgan fingerprint density at radius 2 is 2.24 bits per heavy atom. The summed E-state index contributed by atoms with van der Waals surface area (Å²) in [5.41, 5.74) is 1.50. The van der Waals surface area contributed by atoms with Crippen molar-refractivity contribution >= 4 is 11.0 Å². The number of halogens is 1. The molecule has 0 bridgehead atoms. The van der Waals surface area contributed by atoms with Gasteiger partial charge in [-0.2, -0.15) is 0 Å². The maximum atomic E-state index is 14.1. The van der Waals surface area contributed by atoms with E-state index in [9.17, 15) is 4.39 Å². The van der Waals surface area contributed by atoms with E-state index >= 15 is 0 Å². The Labute approximate surface area is 125 Å². The molecule has 1 N–H and O–H groups in total. The Morgan fingerprint density at radius 1 is 1.38 bits per heavy atom. The molecule has 0 aliphatic carbocycles. The van der Waals surface area contributed by atoms with Gasteiger partial charge in [0.1, 0.15) is 11.3 Å². The fraction of sp³-hybridized carbons (Fsp3) is 0.588. The average Bonchev–Trinajstić information content (AvgIpc) is 2.89. The second-order valence-corrected chi connectivity index (χ2v) is 6.11. The molecule has 4 heteroatoms. The van der Waals surface area contributed by atoms with Gasteiger partial charge in [-0.25, -0.2) is 9.37 Å². The van der Waals surface area contributed by atoms with Crippen LogP contribution in [0.1, 0.15) is 45.4 Å². The number of nitrogens with zero attached hydrogens (tertiary/aromatic N) is 2. The van der Waals surface area contributed by atoms with Gasteiger partial charge in [-0.3, -0.25) is 0 Å². The van der Waals surface area contributed by atoms with Gasteiger partial charge < -0.3 is 9.88 Å². The van der Waals surface area contributed by atoms with Crippen LogP contribution in [-0.4, -0.2) is 22.6 Å². The van der Waals surface area contributed by atoms with E-state index in [0.717, 1.165) is 56.7 Å². The summed E-state index contributed by atoms with van der Waals surface area (Å²) in [5.74, 6) is 0.859. The molecule has 0 saturated carbocycles. The van der Waals surface area contributed by atoms with Crippen molar-refractivity contribution in [2.45, 2.75) is 51.5 Å². The van der Waals surface area contributed by atoms with Crippen LogP contribution >= 0.6 is 0 Å². The number of benzene rings is 1. The monoisotopic (exact) mass is 289 g/mol. The molecular formula is C17H24FN3. The number of rotatable bonds is 4. The number of hydrogen-bond acceptors (Lipinski definition) is 2. The van der Waals surface area contributed by atoms with Gasteiger partial charge in [0.2, 0.25) is 0 Å². The summed E-state index contributed by atoms with van der Waals surface area (Å²) >= 11 is 0. The summed E-state index contributed by atoms with van der Waals surface area (Å²) in [7, 11) is 0. The average molecular weight is 289 g/mol. The topological polar surface area (TPSA) is 29.9 Å². The number of piperidine rings is 1. The zero-order valence-electron chi connectivity index (χ0n) is 13.0. The third-order valence-electron chi connectivity index (χ3n) is 4.80. The lowest BCUT2D eigenvalue weighted by Crippen LogP contribution is -2.44. The fourth-order valence-corrected chi connectivity index (χ4v) is 3.59. The van der Waals surface area contributed by atoms with Gasteiger partial charge in [0.15, 0.2) is 5.82 Å². The molecule has 0 spiro atoms. The molecule has 3 nitrogen and oxygen atoms in total. The third-order valence-corrected chi connectivity index (χ3v) is 4.80. The summed E-state index contributed by atoms with van der Waals surface area (Å²) < 4.78 is 16.4. The smallest absolute Gasteiger partial charge is 0.151 e. The van der Waals surface area contributed by atoms with Crippen LogP contribution in [0.15, 0.2) is 18.2 Å². The highest BCUT2D eigenvalue weighted by Crippen LogP contribution is 2.36.